The molecule has 0 amide bonds. The molecule has 1 saturated heterocycles. The molecule has 0 radical (unpaired) electrons. The van der Waals surface area contributed by atoms with E-state index in [2.05, 4.69) is 22.0 Å². The van der Waals surface area contributed by atoms with Crippen molar-refractivity contribution in [1.29, 1.82) is 0 Å². The molecule has 2 N–H and O–H groups in total. The van der Waals surface area contributed by atoms with Crippen LogP contribution in [0.25, 0.3) is 0 Å². The molecule has 2 heterocycles. The van der Waals surface area contributed by atoms with E-state index >= 15 is 0 Å². The van der Waals surface area contributed by atoms with Gasteiger partial charge < -0.3 is 10.6 Å². The van der Waals surface area contributed by atoms with E-state index in [4.69, 9.17) is 28.9 Å². The molecule has 0 bridgehead atoms. The smallest absolute Gasteiger partial charge is 0.175 e. The van der Waals surface area contributed by atoms with Crippen molar-refractivity contribution in [3.63, 3.8) is 0 Å². The first kappa shape index (κ1) is 10.9. The Balaban J connectivity index is 2.27. The van der Waals surface area contributed by atoms with E-state index < -0.39 is 0 Å². The second-order valence-corrected chi connectivity index (χ2v) is 4.63. The fourth-order valence-corrected chi connectivity index (χ4v) is 2.11. The lowest BCUT2D eigenvalue weighted by molar-refractivity contribution is 0.566. The summed E-state index contributed by atoms with van der Waals surface area (Å²) in [6.07, 6.45) is 0. The van der Waals surface area contributed by atoms with Crippen molar-refractivity contribution >= 4 is 28.9 Å². The van der Waals surface area contributed by atoms with Crippen molar-refractivity contribution in [3.8, 4) is 0 Å². The minimum atomic E-state index is 0.174. The molecule has 0 aliphatic carbocycles. The predicted molar refractivity (Wildman–Crippen MR) is 61.4 cm³/mol. The van der Waals surface area contributed by atoms with E-state index in [-0.39, 0.29) is 6.04 Å². The van der Waals surface area contributed by atoms with Crippen LogP contribution in [0.4, 0.5) is 5.69 Å². The first-order valence-electron chi connectivity index (χ1n) is 4.77. The van der Waals surface area contributed by atoms with Crippen LogP contribution < -0.4 is 10.6 Å². The van der Waals surface area contributed by atoms with Gasteiger partial charge in [-0.15, -0.1) is 10.2 Å². The molecule has 1 aliphatic heterocycles. The fraction of sp³-hybridized carbons (Fsp3) is 0.556. The number of anilines is 1. The zero-order valence-corrected chi connectivity index (χ0v) is 9.83. The Morgan fingerprint density at radius 2 is 2.13 bits per heavy atom. The van der Waals surface area contributed by atoms with Gasteiger partial charge in [-0.3, -0.25) is 0 Å². The number of halogens is 2. The summed E-state index contributed by atoms with van der Waals surface area (Å²) < 4.78 is 0. The van der Waals surface area contributed by atoms with Gasteiger partial charge in [-0.05, 0) is 5.92 Å². The number of hydrogen-bond acceptors (Lipinski definition) is 4. The topological polar surface area (TPSA) is 55.0 Å². The molecule has 0 saturated carbocycles. The van der Waals surface area contributed by atoms with Crippen LogP contribution in [0.5, 0.6) is 0 Å². The molecule has 2 rings (SSSR count). The summed E-state index contributed by atoms with van der Waals surface area (Å²) in [6.45, 7) is 3.78. The van der Waals surface area contributed by atoms with E-state index in [1.165, 1.54) is 0 Å². The third-order valence-corrected chi connectivity index (χ3v) is 3.17. The van der Waals surface area contributed by atoms with E-state index in [1.807, 2.05) is 0 Å². The minimum absolute atomic E-state index is 0.174. The minimum Gasteiger partial charge on any atom is -0.367 e. The van der Waals surface area contributed by atoms with Gasteiger partial charge in [-0.1, -0.05) is 30.1 Å². The van der Waals surface area contributed by atoms with Gasteiger partial charge >= 0.3 is 0 Å². The molecule has 1 aromatic heterocycles. The number of rotatable bonds is 1. The van der Waals surface area contributed by atoms with Crippen LogP contribution in [0.2, 0.25) is 10.3 Å². The summed E-state index contributed by atoms with van der Waals surface area (Å²) in [5, 5.41) is 8.17. The Bertz CT molecular complexity index is 361. The SMILES string of the molecule is CC1CN(c2cc(Cl)nnc2Cl)CC1N. The molecule has 0 spiro atoms. The van der Waals surface area contributed by atoms with Crippen LogP contribution in [0, 0.1) is 5.92 Å². The maximum Gasteiger partial charge on any atom is 0.175 e. The lowest BCUT2D eigenvalue weighted by Gasteiger charge is -2.18. The maximum atomic E-state index is 5.96. The molecule has 82 valence electrons. The van der Waals surface area contributed by atoms with Crippen LogP contribution >= 0.6 is 23.2 Å². The van der Waals surface area contributed by atoms with Gasteiger partial charge in [-0.25, -0.2) is 0 Å². The first-order chi connectivity index (χ1) is 7.08. The Hall–Kier alpha value is -0.580. The van der Waals surface area contributed by atoms with E-state index in [0.29, 0.717) is 16.2 Å². The normalized spacial score (nSPS) is 26.0. The number of nitrogens with two attached hydrogens (primary N) is 1. The van der Waals surface area contributed by atoms with Crippen LogP contribution in [0.1, 0.15) is 6.92 Å². The predicted octanol–water partition coefficient (Wildman–Crippen LogP) is 1.57. The highest BCUT2D eigenvalue weighted by Crippen LogP contribution is 2.29. The van der Waals surface area contributed by atoms with Crippen molar-refractivity contribution in [2.24, 2.45) is 11.7 Å². The summed E-state index contributed by atoms with van der Waals surface area (Å²) in [6, 6.07) is 1.90. The molecule has 1 aliphatic rings. The number of aromatic nitrogens is 2. The van der Waals surface area contributed by atoms with Gasteiger partial charge in [0.25, 0.3) is 0 Å². The largest absolute Gasteiger partial charge is 0.367 e. The monoisotopic (exact) mass is 246 g/mol. The van der Waals surface area contributed by atoms with E-state index in [0.717, 1.165) is 18.8 Å². The second-order valence-electron chi connectivity index (χ2n) is 3.89. The third kappa shape index (κ3) is 2.17. The van der Waals surface area contributed by atoms with Crippen molar-refractivity contribution < 1.29 is 0 Å². The van der Waals surface area contributed by atoms with Crippen LogP contribution in [0.15, 0.2) is 6.07 Å². The van der Waals surface area contributed by atoms with Gasteiger partial charge in [0, 0.05) is 25.2 Å². The maximum absolute atomic E-state index is 5.96. The fourth-order valence-electron chi connectivity index (χ4n) is 1.75. The highest BCUT2D eigenvalue weighted by molar-refractivity contribution is 6.33. The molecule has 2 unspecified atom stereocenters. The average Bonchev–Trinajstić information content (AvgIpc) is 2.51. The van der Waals surface area contributed by atoms with Gasteiger partial charge in [-0.2, -0.15) is 0 Å². The third-order valence-electron chi connectivity index (χ3n) is 2.71. The van der Waals surface area contributed by atoms with Gasteiger partial charge in [0.2, 0.25) is 0 Å². The van der Waals surface area contributed by atoms with Gasteiger partial charge in [0.1, 0.15) is 0 Å². The molecule has 0 aromatic carbocycles. The highest BCUT2D eigenvalue weighted by Gasteiger charge is 2.28. The van der Waals surface area contributed by atoms with Crippen LogP contribution in [-0.4, -0.2) is 29.3 Å². The summed E-state index contributed by atoms with van der Waals surface area (Å²) >= 11 is 11.7. The molecule has 15 heavy (non-hydrogen) atoms. The molecule has 1 aromatic rings. The molecular formula is C9H12Cl2N4. The summed E-state index contributed by atoms with van der Waals surface area (Å²) in [5.74, 6) is 0.452. The Labute approximate surface area is 98.4 Å². The van der Waals surface area contributed by atoms with Crippen molar-refractivity contribution in [2.75, 3.05) is 18.0 Å². The standard InChI is InChI=1S/C9H12Cl2N4/c1-5-3-15(4-6(5)12)7-2-8(10)13-14-9(7)11/h2,5-6H,3-4,12H2,1H3. The highest BCUT2D eigenvalue weighted by atomic mass is 35.5. The lowest BCUT2D eigenvalue weighted by atomic mass is 10.1. The molecule has 6 heteroatoms. The molecule has 2 atom stereocenters. The van der Waals surface area contributed by atoms with Gasteiger partial charge in [0.15, 0.2) is 10.3 Å². The molecular weight excluding hydrogens is 235 g/mol. The quantitative estimate of drug-likeness (QED) is 0.818. The summed E-state index contributed by atoms with van der Waals surface area (Å²) in [5.41, 5.74) is 6.76. The van der Waals surface area contributed by atoms with Crippen LogP contribution in [0.3, 0.4) is 0 Å². The average molecular weight is 247 g/mol. The first-order valence-corrected chi connectivity index (χ1v) is 5.53. The van der Waals surface area contributed by atoms with E-state index in [1.54, 1.807) is 6.07 Å². The number of nitrogens with zero attached hydrogens (tertiary/aromatic N) is 3. The van der Waals surface area contributed by atoms with E-state index in [9.17, 15) is 0 Å². The van der Waals surface area contributed by atoms with Crippen molar-refractivity contribution in [2.45, 2.75) is 13.0 Å². The number of hydrogen-bond donors (Lipinski definition) is 1. The van der Waals surface area contributed by atoms with Crippen LogP contribution in [-0.2, 0) is 0 Å². The zero-order valence-electron chi connectivity index (χ0n) is 8.32. The van der Waals surface area contributed by atoms with Crippen molar-refractivity contribution in [3.05, 3.63) is 16.4 Å². The second kappa shape index (κ2) is 4.12. The Morgan fingerprint density at radius 1 is 1.40 bits per heavy atom. The zero-order chi connectivity index (χ0) is 11.0. The summed E-state index contributed by atoms with van der Waals surface area (Å²) in [4.78, 5) is 2.10. The summed E-state index contributed by atoms with van der Waals surface area (Å²) in [7, 11) is 0. The molecule has 1 fully saturated rings. The van der Waals surface area contributed by atoms with Crippen molar-refractivity contribution in [1.82, 2.24) is 10.2 Å². The molecule has 4 nitrogen and oxygen atoms in total. The van der Waals surface area contributed by atoms with Gasteiger partial charge in [0.05, 0.1) is 5.69 Å². The Kier molecular flexibility index (Phi) is 3.00. The lowest BCUT2D eigenvalue weighted by Crippen LogP contribution is -2.28. The Morgan fingerprint density at radius 3 is 2.73 bits per heavy atom.